The molecular formula is C93H80ClF5N16O13. The van der Waals surface area contributed by atoms with Gasteiger partial charge in [-0.2, -0.15) is 23.1 Å². The Morgan fingerprint density at radius 3 is 1.55 bits per heavy atom. The number of carboxylic acids is 1. The summed E-state index contributed by atoms with van der Waals surface area (Å²) in [5.41, 5.74) is 17.5. The van der Waals surface area contributed by atoms with Crippen molar-refractivity contribution >= 4 is 62.2 Å². The summed E-state index contributed by atoms with van der Waals surface area (Å²) in [5.74, 6) is -1.57. The number of phenols is 1. The molecule has 128 heavy (non-hydrogen) atoms. The Hall–Kier alpha value is -15.7. The number of fused-ring (bicyclic) bond motifs is 3. The maximum absolute atomic E-state index is 13.9. The lowest BCUT2D eigenvalue weighted by molar-refractivity contribution is -0.139. The molecule has 29 nitrogen and oxygen atoms in total. The first kappa shape index (κ1) is 87.2. The van der Waals surface area contributed by atoms with Crippen molar-refractivity contribution < 1.29 is 55.5 Å². The summed E-state index contributed by atoms with van der Waals surface area (Å²) in [7, 11) is 0. The van der Waals surface area contributed by atoms with Gasteiger partial charge in [0, 0.05) is 80.8 Å². The largest absolute Gasteiger partial charge is 0.508 e. The predicted octanol–water partition coefficient (Wildman–Crippen LogP) is 13.9. The number of aromatic nitrogens is 14. The Labute approximate surface area is 726 Å². The first-order valence-corrected chi connectivity index (χ1v) is 40.8. The summed E-state index contributed by atoms with van der Waals surface area (Å²) >= 11 is 6.12. The number of H-pyrrole nitrogens is 3. The van der Waals surface area contributed by atoms with Gasteiger partial charge in [0.15, 0.2) is 24.7 Å². The number of anilines is 2. The lowest BCUT2D eigenvalue weighted by atomic mass is 10.1. The minimum Gasteiger partial charge on any atom is -0.508 e. The number of carbonyl (C=O) groups is 1. The smallest absolute Gasteiger partial charge is 0.417 e. The van der Waals surface area contributed by atoms with Crippen molar-refractivity contribution in [3.63, 3.8) is 0 Å². The molecule has 8 aromatic heterocycles. The van der Waals surface area contributed by atoms with Gasteiger partial charge in [-0.3, -0.25) is 41.8 Å². The van der Waals surface area contributed by atoms with Crippen molar-refractivity contribution in [3.05, 3.63) is 372 Å². The Kier molecular flexibility index (Phi) is 26.6. The number of aromatic hydroxyl groups is 1. The Bertz CT molecular complexity index is 7210. The second-order valence-corrected chi connectivity index (χ2v) is 30.3. The van der Waals surface area contributed by atoms with Crippen LogP contribution in [-0.4, -0.2) is 90.4 Å². The first-order valence-electron chi connectivity index (χ1n) is 40.4. The number of aromatic amines is 3. The van der Waals surface area contributed by atoms with Gasteiger partial charge in [-0.15, -0.1) is 0 Å². The molecule has 35 heteroatoms. The number of ether oxygens (including phenoxy) is 2. The highest BCUT2D eigenvalue weighted by Crippen LogP contribution is 2.39. The molecule has 17 aromatic rings. The zero-order valence-electron chi connectivity index (χ0n) is 68.1. The van der Waals surface area contributed by atoms with Crippen LogP contribution in [0.5, 0.6) is 17.2 Å². The lowest BCUT2D eigenvalue weighted by Gasteiger charge is -2.12. The number of nitrogen functional groups attached to an aromatic ring is 2. The molecule has 0 atom stereocenters. The molecule has 0 saturated carbocycles. The van der Waals surface area contributed by atoms with E-state index in [1.165, 1.54) is 35.0 Å². The number of nitrogens with zero attached hydrogens (tertiary/aromatic N) is 11. The van der Waals surface area contributed by atoms with E-state index < -0.39 is 64.2 Å². The molecule has 0 aliphatic carbocycles. The van der Waals surface area contributed by atoms with E-state index in [2.05, 4.69) is 40.2 Å². The number of halogens is 6. The number of nitrogens with one attached hydrogen (secondary N) is 3. The van der Waals surface area contributed by atoms with Gasteiger partial charge in [0.1, 0.15) is 56.7 Å². The minimum absolute atomic E-state index is 0.0166. The normalized spacial score (nSPS) is 11.4. The average Bonchev–Trinajstić information content (AvgIpc) is 1.59. The number of alkyl halides is 3. The Morgan fingerprint density at radius 1 is 0.484 bits per heavy atom. The molecular weight excluding hydrogens is 1680 g/mol. The van der Waals surface area contributed by atoms with Crippen molar-refractivity contribution in [2.24, 2.45) is 0 Å². The molecule has 0 fully saturated rings. The molecule has 0 bridgehead atoms. The monoisotopic (exact) mass is 1760 g/mol. The van der Waals surface area contributed by atoms with Gasteiger partial charge in [0.2, 0.25) is 11.7 Å². The van der Waals surface area contributed by atoms with Crippen molar-refractivity contribution in [1.29, 1.82) is 0 Å². The topological polar surface area (TPSA) is 398 Å². The van der Waals surface area contributed by atoms with E-state index in [0.29, 0.717) is 139 Å². The molecule has 9 N–H and O–H groups in total. The van der Waals surface area contributed by atoms with Crippen LogP contribution in [0.15, 0.2) is 274 Å². The second-order valence-electron chi connectivity index (χ2n) is 29.9. The molecule has 0 amide bonds. The molecule has 0 aliphatic heterocycles. The molecule has 0 saturated heterocycles. The SMILES string of the molecule is Nc1ccc(CCn2c(=O)c3[nH]c(-c4ccc(OCC(=O)O)cc4)nc3n(CCc3ccc(N)cc3)c2=O)cc1.O=c1c2cc(-c3ccc(OCc4noc(-c5ccc(O)cc5C(F)(F)F)n4)cc3)[nH]c2n(CCc2ccccc2)c(=O)n1CCc1ccccc1.O=c1c2cc(Cl)[nH]c2n(CCc2ccccc2)c(=O)n1CCCc1nc(Cc2ccc(F)cc2F)no1. The van der Waals surface area contributed by atoms with E-state index >= 15 is 0 Å². The van der Waals surface area contributed by atoms with E-state index in [9.17, 15) is 60.6 Å². The molecule has 9 aromatic carbocycles. The highest BCUT2D eigenvalue weighted by Gasteiger charge is 2.36. The van der Waals surface area contributed by atoms with E-state index in [1.807, 2.05) is 115 Å². The molecule has 0 spiro atoms. The molecule has 652 valence electrons. The minimum atomic E-state index is -4.75. The third kappa shape index (κ3) is 20.8. The zero-order chi connectivity index (χ0) is 89.7. The molecule has 17 rings (SSSR count). The number of aryl methyl sites for hydroxylation is 9. The van der Waals surface area contributed by atoms with Gasteiger partial charge in [0.25, 0.3) is 22.6 Å². The fourth-order valence-electron chi connectivity index (χ4n) is 14.5. The van der Waals surface area contributed by atoms with E-state index in [0.717, 1.165) is 57.6 Å². The Balaban J connectivity index is 0.000000150. The van der Waals surface area contributed by atoms with Crippen LogP contribution < -0.4 is 54.7 Å². The van der Waals surface area contributed by atoms with Crippen LogP contribution in [-0.2, 0) is 102 Å². The molecule has 0 radical (unpaired) electrons. The number of carboxylic acid groups (broad SMARTS) is 1. The van der Waals surface area contributed by atoms with Gasteiger partial charge >= 0.3 is 29.2 Å². The van der Waals surface area contributed by atoms with Crippen LogP contribution in [0.1, 0.15) is 62.9 Å². The van der Waals surface area contributed by atoms with Crippen LogP contribution in [0.3, 0.4) is 0 Å². The second kappa shape index (κ2) is 39.0. The summed E-state index contributed by atoms with van der Waals surface area (Å²) in [4.78, 5) is 114. The van der Waals surface area contributed by atoms with E-state index in [-0.39, 0.29) is 88.9 Å². The summed E-state index contributed by atoms with van der Waals surface area (Å²) in [5, 5.41) is 26.9. The van der Waals surface area contributed by atoms with Gasteiger partial charge in [-0.05, 0) is 187 Å². The maximum Gasteiger partial charge on any atom is 0.417 e. The summed E-state index contributed by atoms with van der Waals surface area (Å²) in [6.45, 7) is 0.924. The highest BCUT2D eigenvalue weighted by atomic mass is 35.5. The van der Waals surface area contributed by atoms with Crippen molar-refractivity contribution in [2.75, 3.05) is 18.1 Å². The van der Waals surface area contributed by atoms with Crippen LogP contribution in [0, 0.1) is 11.6 Å². The van der Waals surface area contributed by atoms with E-state index in [1.54, 1.807) is 83.4 Å². The quantitative estimate of drug-likeness (QED) is 0.0162. The highest BCUT2D eigenvalue weighted by molar-refractivity contribution is 6.30. The molecule has 8 heterocycles. The first-order chi connectivity index (χ1) is 61.8. The third-order valence-electron chi connectivity index (χ3n) is 21.1. The number of rotatable bonds is 30. The summed E-state index contributed by atoms with van der Waals surface area (Å²) in [6.07, 6.45) is -1.30. The van der Waals surface area contributed by atoms with Crippen molar-refractivity contribution in [1.82, 2.24) is 67.6 Å². The van der Waals surface area contributed by atoms with Crippen LogP contribution in [0.4, 0.5) is 33.3 Å². The summed E-state index contributed by atoms with van der Waals surface area (Å²) in [6, 6.07) is 66.8. The number of aliphatic carboxylic acids is 1. The van der Waals surface area contributed by atoms with Gasteiger partial charge in [-0.25, -0.2) is 32.9 Å². The van der Waals surface area contributed by atoms with Crippen LogP contribution in [0.2, 0.25) is 5.15 Å². The van der Waals surface area contributed by atoms with Gasteiger partial charge < -0.3 is 55.2 Å². The number of nitrogens with two attached hydrogens (primary N) is 2. The average molecular weight is 1760 g/mol. The van der Waals surface area contributed by atoms with Crippen molar-refractivity contribution in [3.8, 4) is 51.3 Å². The maximum atomic E-state index is 13.9. The number of imidazole rings is 1. The zero-order valence-corrected chi connectivity index (χ0v) is 68.8. The van der Waals surface area contributed by atoms with Crippen molar-refractivity contribution in [2.45, 2.75) is 103 Å². The molecule has 0 aliphatic rings. The predicted molar refractivity (Wildman–Crippen MR) is 469 cm³/mol. The fraction of sp³-hybridized carbons (Fsp3) is 0.183. The number of hydrogen-bond acceptors (Lipinski definition) is 19. The molecule has 0 unspecified atom stereocenters. The fourth-order valence-corrected chi connectivity index (χ4v) is 14.7. The summed E-state index contributed by atoms with van der Waals surface area (Å²) < 4.78 is 97.2. The third-order valence-corrected chi connectivity index (χ3v) is 21.3. The number of phenolic OH excluding ortho intramolecular Hbond substituents is 1. The lowest BCUT2D eigenvalue weighted by Crippen LogP contribution is -2.41. The standard InChI is InChI=1S/C38H30F3N5O5.C29H28N6O5.C26H22ClF2N5O3/c39-38(40,41)31-21-27(47)13-16-29(31)35-43-33(44-51-35)23-50-28-14-11-26(12-15-28)32-22-30-34(42-32)45(19-17-24-7-3-1-4-8-24)37(49)46(36(30)48)20-18-25-9-5-2-6-10-25;30-21-7-1-18(2-8-21)13-15-34-27-25(28(38)35(29(34)39)16-14-19-3-9-22(31)10-4-19)32-26(33-27)20-5-11-23(12-6-20)40-17-24(36)37;27-21-15-19-24(30-21)33(12-10-16-5-2-1-3-6-16)26(36)34(25(19)35)11-4-7-23-31-22(32-37-23)13-17-8-9-18(28)14-20(17)29/h1-16,21-22,42,47H,17-20,23H2;1-12H,13-17,30-31H2,(H,32,33)(H,36,37);1-3,5-6,8-9,14-15,30H,4,7,10-13H2. The van der Waals surface area contributed by atoms with Crippen LogP contribution in [0.25, 0.3) is 67.3 Å². The number of benzene rings is 9. The van der Waals surface area contributed by atoms with Gasteiger partial charge in [0.05, 0.1) is 21.9 Å². The number of hydrogen-bond donors (Lipinski definition) is 7. The van der Waals surface area contributed by atoms with Crippen LogP contribution >= 0.6 is 11.6 Å². The van der Waals surface area contributed by atoms with E-state index in [4.69, 9.17) is 46.7 Å². The van der Waals surface area contributed by atoms with Gasteiger partial charge in [-0.1, -0.05) is 143 Å². The Morgan fingerprint density at radius 2 is 0.984 bits per heavy atom.